The van der Waals surface area contributed by atoms with Crippen molar-refractivity contribution >= 4 is 11.3 Å². The second-order valence-corrected chi connectivity index (χ2v) is 4.99. The summed E-state index contributed by atoms with van der Waals surface area (Å²) in [5.74, 6) is -0.451. The van der Waals surface area contributed by atoms with Gasteiger partial charge in [-0.1, -0.05) is 0 Å². The molecule has 3 nitrogen and oxygen atoms in total. The van der Waals surface area contributed by atoms with Gasteiger partial charge in [0.2, 0.25) is 0 Å². The number of hydrogen-bond donors (Lipinski definition) is 1. The molecule has 2 unspecified atom stereocenters. The average molecular weight is 276 g/mol. The minimum atomic E-state index is -0.556. The lowest BCUT2D eigenvalue weighted by atomic mass is 10.1. The molecule has 2 N–H and O–H groups in total. The van der Waals surface area contributed by atoms with Crippen LogP contribution in [0.3, 0.4) is 0 Å². The van der Waals surface area contributed by atoms with E-state index >= 15 is 0 Å². The van der Waals surface area contributed by atoms with E-state index in [9.17, 15) is 4.39 Å². The molecule has 0 saturated heterocycles. The van der Waals surface area contributed by atoms with Crippen LogP contribution in [0.4, 0.5) is 4.39 Å². The molecule has 5 heteroatoms. The normalized spacial score (nSPS) is 13.6. The molecule has 2 rings (SSSR count). The maximum atomic E-state index is 13.8. The van der Waals surface area contributed by atoms with E-state index in [2.05, 4.69) is 0 Å². The highest BCUT2D eigenvalue weighted by Gasteiger charge is 2.20. The molecule has 2 atom stereocenters. The van der Waals surface area contributed by atoms with Gasteiger partial charge in [-0.25, -0.2) is 4.39 Å². The van der Waals surface area contributed by atoms with Crippen LogP contribution in [0.1, 0.15) is 24.2 Å². The number of thiophene rings is 1. The number of ether oxygens (including phenoxy) is 1. The predicted molar refractivity (Wildman–Crippen MR) is 72.5 cm³/mol. The molecule has 1 aromatic carbocycles. The van der Waals surface area contributed by atoms with Crippen LogP contribution >= 0.6 is 11.3 Å². The van der Waals surface area contributed by atoms with Gasteiger partial charge in [-0.05, 0) is 41.9 Å². The summed E-state index contributed by atoms with van der Waals surface area (Å²) in [7, 11) is 0. The molecule has 0 saturated carbocycles. The van der Waals surface area contributed by atoms with Crippen LogP contribution in [0.2, 0.25) is 0 Å². The van der Waals surface area contributed by atoms with E-state index in [4.69, 9.17) is 15.7 Å². The first-order valence-corrected chi connectivity index (χ1v) is 6.70. The fourth-order valence-electron chi connectivity index (χ4n) is 1.72. The molecule has 0 aliphatic heterocycles. The smallest absolute Gasteiger partial charge is 0.166 e. The fourth-order valence-corrected chi connectivity index (χ4v) is 2.40. The Morgan fingerprint density at radius 1 is 1.42 bits per heavy atom. The summed E-state index contributed by atoms with van der Waals surface area (Å²) < 4.78 is 19.4. The summed E-state index contributed by atoms with van der Waals surface area (Å²) in [4.78, 5) is 0. The van der Waals surface area contributed by atoms with Crippen molar-refractivity contribution in [1.82, 2.24) is 0 Å². The first-order chi connectivity index (χ1) is 9.11. The zero-order chi connectivity index (χ0) is 13.8. The van der Waals surface area contributed by atoms with Crippen molar-refractivity contribution in [3.8, 4) is 11.8 Å². The van der Waals surface area contributed by atoms with Crippen LogP contribution in [0.5, 0.6) is 5.75 Å². The monoisotopic (exact) mass is 276 g/mol. The molecular formula is C14H13FN2OS. The van der Waals surface area contributed by atoms with Crippen LogP contribution in [0.15, 0.2) is 35.0 Å². The first kappa shape index (κ1) is 13.5. The Labute approximate surface area is 115 Å². The van der Waals surface area contributed by atoms with Crippen LogP contribution in [-0.4, -0.2) is 6.04 Å². The van der Waals surface area contributed by atoms with Gasteiger partial charge >= 0.3 is 0 Å². The lowest BCUT2D eigenvalue weighted by Gasteiger charge is -2.22. The topological polar surface area (TPSA) is 59.0 Å². The van der Waals surface area contributed by atoms with Gasteiger partial charge in [0.15, 0.2) is 11.6 Å². The molecule has 98 valence electrons. The van der Waals surface area contributed by atoms with Gasteiger partial charge in [-0.3, -0.25) is 0 Å². The molecule has 0 aliphatic carbocycles. The van der Waals surface area contributed by atoms with E-state index in [1.807, 2.05) is 29.8 Å². The van der Waals surface area contributed by atoms with Gasteiger partial charge in [0, 0.05) is 11.6 Å². The molecule has 0 bridgehead atoms. The number of benzene rings is 1. The van der Waals surface area contributed by atoms with Gasteiger partial charge in [0.1, 0.15) is 6.10 Å². The van der Waals surface area contributed by atoms with E-state index in [1.54, 1.807) is 0 Å². The van der Waals surface area contributed by atoms with Crippen molar-refractivity contribution in [3.63, 3.8) is 0 Å². The molecule has 0 radical (unpaired) electrons. The Morgan fingerprint density at radius 2 is 2.21 bits per heavy atom. The third-order valence-electron chi connectivity index (χ3n) is 2.66. The number of rotatable bonds is 4. The van der Waals surface area contributed by atoms with Gasteiger partial charge < -0.3 is 10.5 Å². The summed E-state index contributed by atoms with van der Waals surface area (Å²) in [6.07, 6.45) is -0.409. The van der Waals surface area contributed by atoms with E-state index in [0.29, 0.717) is 0 Å². The largest absolute Gasteiger partial charge is 0.481 e. The van der Waals surface area contributed by atoms with E-state index in [0.717, 1.165) is 11.6 Å². The predicted octanol–water partition coefficient (Wildman–Crippen LogP) is 3.23. The van der Waals surface area contributed by atoms with E-state index < -0.39 is 11.9 Å². The minimum Gasteiger partial charge on any atom is -0.481 e. The SMILES string of the molecule is CC(N)C(Oc1ccc(C#N)cc1F)c1ccsc1. The lowest BCUT2D eigenvalue weighted by molar-refractivity contribution is 0.173. The van der Waals surface area contributed by atoms with Crippen LogP contribution < -0.4 is 10.5 Å². The Hall–Kier alpha value is -1.90. The third kappa shape index (κ3) is 3.11. The molecule has 1 heterocycles. The highest BCUT2D eigenvalue weighted by atomic mass is 32.1. The second-order valence-electron chi connectivity index (χ2n) is 4.21. The van der Waals surface area contributed by atoms with Crippen molar-refractivity contribution in [1.29, 1.82) is 5.26 Å². The molecule has 0 amide bonds. The Morgan fingerprint density at radius 3 is 2.74 bits per heavy atom. The van der Waals surface area contributed by atoms with Crippen molar-refractivity contribution in [2.75, 3.05) is 0 Å². The van der Waals surface area contributed by atoms with Crippen LogP contribution in [0, 0.1) is 17.1 Å². The average Bonchev–Trinajstić information content (AvgIpc) is 2.90. The highest BCUT2D eigenvalue weighted by Crippen LogP contribution is 2.28. The quantitative estimate of drug-likeness (QED) is 0.932. The van der Waals surface area contributed by atoms with Gasteiger partial charge in [-0.15, -0.1) is 0 Å². The second kappa shape index (κ2) is 5.83. The van der Waals surface area contributed by atoms with Crippen molar-refractivity contribution in [2.24, 2.45) is 5.73 Å². The summed E-state index contributed by atoms with van der Waals surface area (Å²) in [5.41, 5.74) is 7.07. The highest BCUT2D eigenvalue weighted by molar-refractivity contribution is 7.07. The van der Waals surface area contributed by atoms with Gasteiger partial charge in [0.25, 0.3) is 0 Å². The van der Waals surface area contributed by atoms with E-state index in [-0.39, 0.29) is 17.4 Å². The minimum absolute atomic E-state index is 0.104. The van der Waals surface area contributed by atoms with E-state index in [1.165, 1.54) is 23.5 Å². The number of nitriles is 1. The van der Waals surface area contributed by atoms with Gasteiger partial charge in [-0.2, -0.15) is 16.6 Å². The summed E-state index contributed by atoms with van der Waals surface area (Å²) in [6.45, 7) is 1.81. The van der Waals surface area contributed by atoms with Crippen LogP contribution in [-0.2, 0) is 0 Å². The molecule has 0 aliphatic rings. The number of nitrogens with two attached hydrogens (primary N) is 1. The molecule has 0 spiro atoms. The first-order valence-electron chi connectivity index (χ1n) is 5.76. The third-order valence-corrected chi connectivity index (χ3v) is 3.37. The zero-order valence-electron chi connectivity index (χ0n) is 10.3. The Bertz CT molecular complexity index is 590. The van der Waals surface area contributed by atoms with Crippen LogP contribution in [0.25, 0.3) is 0 Å². The van der Waals surface area contributed by atoms with Crippen molar-refractivity contribution in [2.45, 2.75) is 19.1 Å². The Kier molecular flexibility index (Phi) is 4.15. The number of nitrogens with zero attached hydrogens (tertiary/aromatic N) is 1. The van der Waals surface area contributed by atoms with Gasteiger partial charge in [0.05, 0.1) is 11.6 Å². The fraction of sp³-hybridized carbons (Fsp3) is 0.214. The maximum absolute atomic E-state index is 13.8. The summed E-state index contributed by atoms with van der Waals surface area (Å²) in [5, 5.41) is 12.5. The standard InChI is InChI=1S/C14H13FN2OS/c1-9(17)14(11-4-5-19-8-11)18-13-3-2-10(7-16)6-12(13)15/h2-6,8-9,14H,17H2,1H3. The molecule has 1 aromatic heterocycles. The lowest BCUT2D eigenvalue weighted by Crippen LogP contribution is -2.28. The van der Waals surface area contributed by atoms with Crippen molar-refractivity contribution in [3.05, 3.63) is 52.0 Å². The Balaban J connectivity index is 2.26. The molecule has 2 aromatic rings. The molecular weight excluding hydrogens is 263 g/mol. The summed E-state index contributed by atoms with van der Waals surface area (Å²) >= 11 is 1.53. The zero-order valence-corrected chi connectivity index (χ0v) is 11.2. The summed E-state index contributed by atoms with van der Waals surface area (Å²) in [6, 6.07) is 7.64. The van der Waals surface area contributed by atoms with Crippen molar-refractivity contribution < 1.29 is 9.13 Å². The molecule has 0 fully saturated rings. The number of hydrogen-bond acceptors (Lipinski definition) is 4. The maximum Gasteiger partial charge on any atom is 0.166 e. The molecule has 19 heavy (non-hydrogen) atoms. The number of halogens is 1.